The first-order valence-electron chi connectivity index (χ1n) is 8.51. The van der Waals surface area contributed by atoms with Crippen molar-refractivity contribution in [1.82, 2.24) is 19.5 Å². The molecule has 1 saturated heterocycles. The average molecular weight is 344 g/mol. The van der Waals surface area contributed by atoms with Gasteiger partial charge < -0.3 is 15.2 Å². The van der Waals surface area contributed by atoms with Crippen molar-refractivity contribution in [2.45, 2.75) is 63.1 Å². The highest BCUT2D eigenvalue weighted by Gasteiger charge is 2.42. The number of hydrogen-bond acceptors (Lipinski definition) is 7. The molecule has 2 aromatic rings. The topological polar surface area (TPSA) is 134 Å². The van der Waals surface area contributed by atoms with Crippen molar-refractivity contribution >= 4 is 17.0 Å². The fraction of sp³-hybridized carbons (Fsp3) is 0.667. The van der Waals surface area contributed by atoms with Crippen LogP contribution in [-0.4, -0.2) is 48.9 Å². The molecule has 25 heavy (non-hydrogen) atoms. The lowest BCUT2D eigenvalue weighted by atomic mass is 10.1. The van der Waals surface area contributed by atoms with Crippen LogP contribution in [0.25, 0.3) is 21.6 Å². The molecule has 0 spiro atoms. The first kappa shape index (κ1) is 16.1. The first-order valence-corrected chi connectivity index (χ1v) is 8.51. The second-order valence-corrected chi connectivity index (χ2v) is 6.59. The molecule has 0 unspecified atom stereocenters. The highest BCUT2D eigenvalue weighted by molar-refractivity contribution is 5.82. The zero-order valence-corrected chi connectivity index (χ0v) is 13.9. The highest BCUT2D eigenvalue weighted by atomic mass is 16.5. The molecule has 10 nitrogen and oxygen atoms in total. The number of rotatable bonds is 4. The predicted molar refractivity (Wildman–Crippen MR) is 89.7 cm³/mol. The van der Waals surface area contributed by atoms with Crippen molar-refractivity contribution in [3.8, 4) is 0 Å². The van der Waals surface area contributed by atoms with Gasteiger partial charge in [0.15, 0.2) is 23.2 Å². The van der Waals surface area contributed by atoms with E-state index in [4.69, 9.17) is 10.3 Å². The van der Waals surface area contributed by atoms with Crippen LogP contribution in [0.2, 0.25) is 0 Å². The van der Waals surface area contributed by atoms with E-state index in [2.05, 4.69) is 30.3 Å². The van der Waals surface area contributed by atoms with Gasteiger partial charge in [-0.15, -0.1) is 0 Å². The maximum absolute atomic E-state index is 10.5. The van der Waals surface area contributed by atoms with Gasteiger partial charge in [0.05, 0.1) is 18.5 Å². The molecule has 132 valence electrons. The molecule has 1 aliphatic heterocycles. The third-order valence-corrected chi connectivity index (χ3v) is 4.99. The normalized spacial score (nSPS) is 29.8. The summed E-state index contributed by atoms with van der Waals surface area (Å²) in [6, 6.07) is -0.240. The minimum atomic E-state index is -0.968. The number of anilines is 1. The summed E-state index contributed by atoms with van der Waals surface area (Å²) in [5.74, 6) is 0.697. The quantitative estimate of drug-likeness (QED) is 0.496. The summed E-state index contributed by atoms with van der Waals surface area (Å²) >= 11 is 0. The number of ether oxygens (including phenoxy) is 1. The lowest BCUT2D eigenvalue weighted by Crippen LogP contribution is -2.28. The molecule has 0 radical (unpaired) electrons. The van der Waals surface area contributed by atoms with Crippen molar-refractivity contribution in [3.05, 3.63) is 23.1 Å². The molecule has 2 fully saturated rings. The van der Waals surface area contributed by atoms with E-state index in [9.17, 15) is 5.11 Å². The Hall–Kier alpha value is -2.42. The molecule has 1 saturated carbocycles. The van der Waals surface area contributed by atoms with Crippen LogP contribution >= 0.6 is 0 Å². The molecule has 0 aromatic carbocycles. The summed E-state index contributed by atoms with van der Waals surface area (Å²) in [6.07, 6.45) is 5.69. The molecule has 1 aliphatic carbocycles. The van der Waals surface area contributed by atoms with E-state index in [1.54, 1.807) is 17.8 Å². The van der Waals surface area contributed by atoms with Gasteiger partial charge in [-0.05, 0) is 25.3 Å². The summed E-state index contributed by atoms with van der Waals surface area (Å²) in [5.41, 5.74) is 9.89. The summed E-state index contributed by atoms with van der Waals surface area (Å²) in [7, 11) is 0. The third-order valence-electron chi connectivity index (χ3n) is 4.99. The number of aliphatic hydroxyl groups is 1. The van der Waals surface area contributed by atoms with E-state index in [-0.39, 0.29) is 0 Å². The Morgan fingerprint density at radius 2 is 2.16 bits per heavy atom. The van der Waals surface area contributed by atoms with Crippen LogP contribution in [0.4, 0.5) is 5.82 Å². The Bertz CT molecular complexity index is 811. The standard InChI is InChI=1S/C15H20N8O2/c1-8-10(21-22-16)12(24)15(25-8)23-7-19-11-13(17-6-18-14(11)23)20-9-4-2-3-5-9/h6-10,12,15,24H,2-5H2,1H3,(H,17,18,20)/t8-,10-,12-,15-/m1/s1. The SMILES string of the molecule is C[C@H]1O[C@@H](n2cnc3c(NC4CCCC4)ncnc32)[C@H](O)[C@@H]1N=[N+]=[N-]. The molecule has 0 bridgehead atoms. The maximum Gasteiger partial charge on any atom is 0.167 e. The maximum atomic E-state index is 10.5. The van der Waals surface area contributed by atoms with Gasteiger partial charge in [0.1, 0.15) is 12.4 Å². The molecule has 10 heteroatoms. The van der Waals surface area contributed by atoms with Gasteiger partial charge in [0.25, 0.3) is 0 Å². The molecular weight excluding hydrogens is 324 g/mol. The predicted octanol–water partition coefficient (Wildman–Crippen LogP) is 2.14. The minimum absolute atomic E-state index is 0.397. The van der Waals surface area contributed by atoms with Gasteiger partial charge in [-0.1, -0.05) is 18.0 Å². The van der Waals surface area contributed by atoms with Crippen LogP contribution in [0.5, 0.6) is 0 Å². The molecule has 4 rings (SSSR count). The monoisotopic (exact) mass is 344 g/mol. The van der Waals surface area contributed by atoms with Crippen LogP contribution in [-0.2, 0) is 4.74 Å². The van der Waals surface area contributed by atoms with E-state index in [0.717, 1.165) is 12.8 Å². The fourth-order valence-corrected chi connectivity index (χ4v) is 3.69. The van der Waals surface area contributed by atoms with E-state index in [1.807, 2.05) is 0 Å². The zero-order valence-electron chi connectivity index (χ0n) is 13.9. The van der Waals surface area contributed by atoms with Crippen LogP contribution < -0.4 is 5.32 Å². The lowest BCUT2D eigenvalue weighted by molar-refractivity contribution is -0.0297. The van der Waals surface area contributed by atoms with E-state index < -0.39 is 24.5 Å². The van der Waals surface area contributed by atoms with Crippen molar-refractivity contribution in [3.63, 3.8) is 0 Å². The average Bonchev–Trinajstić information content (AvgIpc) is 3.31. The molecule has 2 aliphatic rings. The number of fused-ring (bicyclic) bond motifs is 1. The highest BCUT2D eigenvalue weighted by Crippen LogP contribution is 2.34. The van der Waals surface area contributed by atoms with Crippen molar-refractivity contribution in [2.75, 3.05) is 5.32 Å². The Labute approximate surface area is 143 Å². The van der Waals surface area contributed by atoms with E-state index in [0.29, 0.717) is 23.0 Å². The van der Waals surface area contributed by atoms with Crippen LogP contribution in [0.1, 0.15) is 38.8 Å². The first-order chi connectivity index (χ1) is 12.2. The lowest BCUT2D eigenvalue weighted by Gasteiger charge is -2.17. The minimum Gasteiger partial charge on any atom is -0.388 e. The number of azide groups is 1. The summed E-state index contributed by atoms with van der Waals surface area (Å²) in [4.78, 5) is 15.8. The Balaban J connectivity index is 1.66. The largest absolute Gasteiger partial charge is 0.388 e. The summed E-state index contributed by atoms with van der Waals surface area (Å²) < 4.78 is 7.46. The van der Waals surface area contributed by atoms with Crippen molar-refractivity contribution in [2.24, 2.45) is 5.11 Å². The third kappa shape index (κ3) is 2.78. The molecule has 4 atom stereocenters. The number of hydrogen-bond donors (Lipinski definition) is 2. The van der Waals surface area contributed by atoms with E-state index >= 15 is 0 Å². The smallest absolute Gasteiger partial charge is 0.167 e. The van der Waals surface area contributed by atoms with Crippen molar-refractivity contribution < 1.29 is 9.84 Å². The van der Waals surface area contributed by atoms with Gasteiger partial charge in [-0.3, -0.25) is 4.57 Å². The van der Waals surface area contributed by atoms with Gasteiger partial charge in [-0.2, -0.15) is 0 Å². The van der Waals surface area contributed by atoms with Gasteiger partial charge in [0, 0.05) is 11.0 Å². The summed E-state index contributed by atoms with van der Waals surface area (Å²) in [5, 5.41) is 17.6. The molecular formula is C15H20N8O2. The summed E-state index contributed by atoms with van der Waals surface area (Å²) in [6.45, 7) is 1.77. The Kier molecular flexibility index (Phi) is 4.16. The van der Waals surface area contributed by atoms with Crippen molar-refractivity contribution in [1.29, 1.82) is 0 Å². The second-order valence-electron chi connectivity index (χ2n) is 6.59. The van der Waals surface area contributed by atoms with Crippen LogP contribution in [0.3, 0.4) is 0 Å². The number of imidazole rings is 1. The Morgan fingerprint density at radius 3 is 2.92 bits per heavy atom. The van der Waals surface area contributed by atoms with E-state index in [1.165, 1.54) is 19.2 Å². The number of aliphatic hydroxyl groups excluding tert-OH is 1. The second kappa shape index (κ2) is 6.47. The molecule has 3 heterocycles. The molecule has 2 aromatic heterocycles. The Morgan fingerprint density at radius 1 is 1.36 bits per heavy atom. The molecule has 2 N–H and O–H groups in total. The van der Waals surface area contributed by atoms with Gasteiger partial charge >= 0.3 is 0 Å². The number of nitrogens with one attached hydrogen (secondary N) is 1. The number of nitrogens with zero attached hydrogens (tertiary/aromatic N) is 7. The van der Waals surface area contributed by atoms with Crippen LogP contribution in [0.15, 0.2) is 17.8 Å². The molecule has 0 amide bonds. The fourth-order valence-electron chi connectivity index (χ4n) is 3.69. The number of aromatic nitrogens is 4. The van der Waals surface area contributed by atoms with Crippen LogP contribution in [0, 0.1) is 0 Å². The van der Waals surface area contributed by atoms with Gasteiger partial charge in [0.2, 0.25) is 0 Å². The zero-order chi connectivity index (χ0) is 17.4. The van der Waals surface area contributed by atoms with Gasteiger partial charge in [-0.25, -0.2) is 15.0 Å².